The molecule has 2 aliphatic rings. The third-order valence-corrected chi connectivity index (χ3v) is 8.16. The summed E-state index contributed by atoms with van der Waals surface area (Å²) in [4.78, 5) is 13.9. The lowest BCUT2D eigenvalue weighted by Crippen LogP contribution is -2.55. The van der Waals surface area contributed by atoms with Gasteiger partial charge in [0.1, 0.15) is 5.78 Å². The Kier molecular flexibility index (Phi) is 4.07. The molecule has 5 rings (SSSR count). The highest BCUT2D eigenvalue weighted by Gasteiger charge is 2.73. The fourth-order valence-electron chi connectivity index (χ4n) is 6.86. The first-order valence-electron chi connectivity index (χ1n) is 10.7. The average Bonchev–Trinajstić information content (AvgIpc) is 3.13. The van der Waals surface area contributed by atoms with Crippen LogP contribution in [0.1, 0.15) is 49.8 Å². The second kappa shape index (κ2) is 6.42. The molecule has 0 aliphatic heterocycles. The van der Waals surface area contributed by atoms with Crippen LogP contribution in [-0.4, -0.2) is 5.78 Å². The van der Waals surface area contributed by atoms with Gasteiger partial charge < -0.3 is 0 Å². The molecule has 2 unspecified atom stereocenters. The van der Waals surface area contributed by atoms with Gasteiger partial charge >= 0.3 is 0 Å². The summed E-state index contributed by atoms with van der Waals surface area (Å²) in [6.45, 7) is 4.69. The molecule has 1 heteroatoms. The first kappa shape index (κ1) is 18.4. The molecule has 1 nitrogen and oxygen atoms in total. The average molecular weight is 381 g/mol. The maximum atomic E-state index is 13.9. The summed E-state index contributed by atoms with van der Waals surface area (Å²) in [7, 11) is 0. The van der Waals surface area contributed by atoms with Crippen LogP contribution in [0.5, 0.6) is 0 Å². The van der Waals surface area contributed by atoms with Gasteiger partial charge in [-0.15, -0.1) is 0 Å². The largest absolute Gasteiger partial charge is 0.299 e. The fourth-order valence-corrected chi connectivity index (χ4v) is 6.86. The molecule has 2 fully saturated rings. The summed E-state index contributed by atoms with van der Waals surface area (Å²) in [6, 6.07) is 32.3. The van der Waals surface area contributed by atoms with Crippen molar-refractivity contribution in [2.24, 2.45) is 16.7 Å². The standard InChI is InChI=1S/C28H28O/c1-26(2)24-18-19-27(26,25(29)20-24)28(21-12-6-3-7-13-21,22-14-8-4-9-15-22)23-16-10-5-11-17-23/h3-17,24H,18-20H2,1-2H3. The molecule has 0 aromatic heterocycles. The Bertz CT molecular complexity index is 923. The number of carbonyl (C=O) groups excluding carboxylic acids is 1. The summed E-state index contributed by atoms with van der Waals surface area (Å²) < 4.78 is 0. The SMILES string of the molecule is CC1(C)C2CCC1(C(c1ccccc1)(c1ccccc1)c1ccccc1)C(=O)C2. The number of hydrogen-bond donors (Lipinski definition) is 0. The Hall–Kier alpha value is -2.67. The van der Waals surface area contributed by atoms with Crippen molar-refractivity contribution in [1.29, 1.82) is 0 Å². The van der Waals surface area contributed by atoms with E-state index in [1.165, 1.54) is 16.7 Å². The number of fused-ring (bicyclic) bond motifs is 2. The van der Waals surface area contributed by atoms with Crippen LogP contribution in [0.3, 0.4) is 0 Å². The van der Waals surface area contributed by atoms with E-state index in [0.717, 1.165) is 12.8 Å². The lowest BCUT2D eigenvalue weighted by molar-refractivity contribution is -0.132. The molecule has 3 aromatic rings. The second-order valence-corrected chi connectivity index (χ2v) is 9.34. The third-order valence-electron chi connectivity index (χ3n) is 8.16. The summed E-state index contributed by atoms with van der Waals surface area (Å²) >= 11 is 0. The van der Waals surface area contributed by atoms with Gasteiger partial charge in [0.25, 0.3) is 0 Å². The number of rotatable bonds is 4. The number of ketones is 1. The zero-order valence-electron chi connectivity index (χ0n) is 17.3. The van der Waals surface area contributed by atoms with Crippen LogP contribution >= 0.6 is 0 Å². The minimum absolute atomic E-state index is 0.0639. The zero-order valence-corrected chi connectivity index (χ0v) is 17.3. The Labute approximate surface area is 173 Å². The fraction of sp³-hybridized carbons (Fsp3) is 0.321. The van der Waals surface area contributed by atoms with Crippen LogP contribution in [0, 0.1) is 16.7 Å². The van der Waals surface area contributed by atoms with Gasteiger partial charge in [-0.3, -0.25) is 4.79 Å². The molecule has 0 saturated heterocycles. The molecule has 3 aromatic carbocycles. The van der Waals surface area contributed by atoms with Crippen molar-refractivity contribution >= 4 is 5.78 Å². The summed E-state index contributed by atoms with van der Waals surface area (Å²) in [5.41, 5.74) is 2.66. The molecule has 0 heterocycles. The van der Waals surface area contributed by atoms with Gasteiger partial charge in [-0.25, -0.2) is 0 Å². The van der Waals surface area contributed by atoms with Gasteiger partial charge in [-0.2, -0.15) is 0 Å². The number of carbonyl (C=O) groups is 1. The molecular formula is C28H28O. The van der Waals surface area contributed by atoms with Crippen LogP contribution in [0.4, 0.5) is 0 Å². The molecular weight excluding hydrogens is 352 g/mol. The zero-order chi connectivity index (χ0) is 20.1. The Balaban J connectivity index is 1.97. The minimum Gasteiger partial charge on any atom is -0.299 e. The predicted octanol–water partition coefficient (Wildman–Crippen LogP) is 6.42. The molecule has 2 saturated carbocycles. The molecule has 2 bridgehead atoms. The van der Waals surface area contributed by atoms with E-state index in [1.807, 2.05) is 0 Å². The van der Waals surface area contributed by atoms with Gasteiger partial charge in [0, 0.05) is 6.42 Å². The third kappa shape index (κ3) is 2.19. The first-order chi connectivity index (χ1) is 14.0. The molecule has 0 amide bonds. The Morgan fingerprint density at radius 3 is 1.45 bits per heavy atom. The molecule has 0 spiro atoms. The smallest absolute Gasteiger partial charge is 0.141 e. The maximum absolute atomic E-state index is 13.9. The van der Waals surface area contributed by atoms with Crippen molar-refractivity contribution in [2.75, 3.05) is 0 Å². The number of Topliss-reactive ketones (excluding diaryl/α,β-unsaturated/α-hetero) is 1. The summed E-state index contributed by atoms with van der Waals surface area (Å²) in [5, 5.41) is 0. The first-order valence-corrected chi connectivity index (χ1v) is 10.7. The molecule has 0 radical (unpaired) electrons. The quantitative estimate of drug-likeness (QED) is 0.478. The maximum Gasteiger partial charge on any atom is 0.141 e. The van der Waals surface area contributed by atoms with Crippen molar-refractivity contribution in [3.05, 3.63) is 108 Å². The Morgan fingerprint density at radius 2 is 1.14 bits per heavy atom. The van der Waals surface area contributed by atoms with E-state index in [0.29, 0.717) is 18.1 Å². The summed E-state index contributed by atoms with van der Waals surface area (Å²) in [5.74, 6) is 0.904. The lowest BCUT2D eigenvalue weighted by atomic mass is 9.47. The molecule has 146 valence electrons. The van der Waals surface area contributed by atoms with Gasteiger partial charge in [0.05, 0.1) is 10.8 Å². The highest BCUT2D eigenvalue weighted by molar-refractivity contribution is 5.93. The molecule has 2 atom stereocenters. The topological polar surface area (TPSA) is 17.1 Å². The van der Waals surface area contributed by atoms with E-state index in [4.69, 9.17) is 0 Å². The Morgan fingerprint density at radius 1 is 0.724 bits per heavy atom. The molecule has 29 heavy (non-hydrogen) atoms. The second-order valence-electron chi connectivity index (χ2n) is 9.34. The van der Waals surface area contributed by atoms with Crippen LogP contribution in [0.25, 0.3) is 0 Å². The summed E-state index contributed by atoms with van der Waals surface area (Å²) in [6.07, 6.45) is 2.79. The highest BCUT2D eigenvalue weighted by Crippen LogP contribution is 2.73. The van der Waals surface area contributed by atoms with Crippen LogP contribution in [-0.2, 0) is 10.2 Å². The van der Waals surface area contributed by atoms with Crippen LogP contribution < -0.4 is 0 Å². The number of hydrogen-bond acceptors (Lipinski definition) is 1. The van der Waals surface area contributed by atoms with Gasteiger partial charge in [0.2, 0.25) is 0 Å². The number of benzene rings is 3. The van der Waals surface area contributed by atoms with Crippen molar-refractivity contribution in [2.45, 2.75) is 38.5 Å². The normalized spacial score (nSPS) is 25.3. The van der Waals surface area contributed by atoms with E-state index in [-0.39, 0.29) is 5.41 Å². The van der Waals surface area contributed by atoms with E-state index in [9.17, 15) is 4.79 Å². The van der Waals surface area contributed by atoms with E-state index < -0.39 is 10.8 Å². The molecule has 0 N–H and O–H groups in total. The monoisotopic (exact) mass is 380 g/mol. The van der Waals surface area contributed by atoms with Gasteiger partial charge in [-0.1, -0.05) is 105 Å². The van der Waals surface area contributed by atoms with E-state index in [1.54, 1.807) is 0 Å². The van der Waals surface area contributed by atoms with Crippen molar-refractivity contribution in [3.8, 4) is 0 Å². The minimum atomic E-state index is -0.497. The van der Waals surface area contributed by atoms with E-state index >= 15 is 0 Å². The van der Waals surface area contributed by atoms with Crippen molar-refractivity contribution < 1.29 is 4.79 Å². The highest BCUT2D eigenvalue weighted by atomic mass is 16.1. The van der Waals surface area contributed by atoms with E-state index in [2.05, 4.69) is 105 Å². The van der Waals surface area contributed by atoms with Crippen LogP contribution in [0.15, 0.2) is 91.0 Å². The molecule has 2 aliphatic carbocycles. The van der Waals surface area contributed by atoms with Crippen LogP contribution in [0.2, 0.25) is 0 Å². The predicted molar refractivity (Wildman–Crippen MR) is 118 cm³/mol. The van der Waals surface area contributed by atoms with Gasteiger partial charge in [-0.05, 0) is 40.9 Å². The lowest BCUT2D eigenvalue weighted by Gasteiger charge is -2.54. The van der Waals surface area contributed by atoms with Gasteiger partial charge in [0.15, 0.2) is 0 Å². The van der Waals surface area contributed by atoms with Crippen molar-refractivity contribution in [3.63, 3.8) is 0 Å². The van der Waals surface area contributed by atoms with Crippen molar-refractivity contribution in [1.82, 2.24) is 0 Å².